The Labute approximate surface area is 106 Å². The third-order valence-electron chi connectivity index (χ3n) is 2.83. The van der Waals surface area contributed by atoms with Crippen LogP contribution in [0.2, 0.25) is 0 Å². The van der Waals surface area contributed by atoms with Crippen LogP contribution >= 0.6 is 0 Å². The summed E-state index contributed by atoms with van der Waals surface area (Å²) in [5, 5.41) is 11.6. The van der Waals surface area contributed by atoms with Crippen LogP contribution in [0.1, 0.15) is 29.9 Å². The summed E-state index contributed by atoms with van der Waals surface area (Å²) in [6.07, 6.45) is 1.54. The molecule has 1 aromatic rings. The smallest absolute Gasteiger partial charge is 0.308 e. The Morgan fingerprint density at radius 1 is 1.44 bits per heavy atom. The van der Waals surface area contributed by atoms with Gasteiger partial charge in [0, 0.05) is 12.7 Å². The van der Waals surface area contributed by atoms with Crippen molar-refractivity contribution < 1.29 is 14.7 Å². The second-order valence-corrected chi connectivity index (χ2v) is 4.57. The molecule has 18 heavy (non-hydrogen) atoms. The van der Waals surface area contributed by atoms with E-state index in [1.165, 1.54) is 0 Å². The summed E-state index contributed by atoms with van der Waals surface area (Å²) >= 11 is 0. The molecule has 0 saturated heterocycles. The maximum absolute atomic E-state index is 11.8. The molecule has 0 fully saturated rings. The van der Waals surface area contributed by atoms with Gasteiger partial charge >= 0.3 is 5.97 Å². The number of aryl methyl sites for hydroxylation is 1. The highest BCUT2D eigenvalue weighted by Gasteiger charge is 2.22. The van der Waals surface area contributed by atoms with Gasteiger partial charge < -0.3 is 10.4 Å². The van der Waals surface area contributed by atoms with Crippen LogP contribution in [-0.4, -0.2) is 28.5 Å². The summed E-state index contributed by atoms with van der Waals surface area (Å²) in [6.45, 7) is 5.54. The largest absolute Gasteiger partial charge is 0.481 e. The first kappa shape index (κ1) is 14.2. The lowest BCUT2D eigenvalue weighted by molar-refractivity contribution is -0.142. The van der Waals surface area contributed by atoms with E-state index in [1.807, 2.05) is 13.8 Å². The second-order valence-electron chi connectivity index (χ2n) is 4.57. The number of hydrogen-bond donors (Lipinski definition) is 2. The molecule has 2 N–H and O–H groups in total. The maximum atomic E-state index is 11.8. The van der Waals surface area contributed by atoms with Crippen molar-refractivity contribution in [2.45, 2.75) is 20.8 Å². The lowest BCUT2D eigenvalue weighted by atomic mass is 9.96. The van der Waals surface area contributed by atoms with Gasteiger partial charge in [-0.1, -0.05) is 19.9 Å². The molecule has 0 aliphatic heterocycles. The fourth-order valence-electron chi connectivity index (χ4n) is 1.62. The van der Waals surface area contributed by atoms with Crippen molar-refractivity contribution in [3.8, 4) is 0 Å². The zero-order valence-corrected chi connectivity index (χ0v) is 10.8. The average molecular weight is 250 g/mol. The van der Waals surface area contributed by atoms with Crippen LogP contribution in [0.3, 0.4) is 0 Å². The summed E-state index contributed by atoms with van der Waals surface area (Å²) in [6, 6.07) is 3.54. The van der Waals surface area contributed by atoms with Crippen molar-refractivity contribution in [2.75, 3.05) is 6.54 Å². The topological polar surface area (TPSA) is 79.3 Å². The number of aromatic nitrogens is 1. The standard InChI is InChI=1S/C13H18N2O3/c1-8(2)10(13(17)18)7-15-12(16)11-9(3)5-4-6-14-11/h4-6,8,10H,7H2,1-3H3,(H,15,16)(H,17,18). The van der Waals surface area contributed by atoms with Gasteiger partial charge in [-0.25, -0.2) is 0 Å². The first-order valence-electron chi connectivity index (χ1n) is 5.86. The monoisotopic (exact) mass is 250 g/mol. The molecule has 0 spiro atoms. The number of carbonyl (C=O) groups excluding carboxylic acids is 1. The molecule has 1 aromatic heterocycles. The third-order valence-corrected chi connectivity index (χ3v) is 2.83. The number of carboxylic acid groups (broad SMARTS) is 1. The second kappa shape index (κ2) is 6.14. The number of nitrogens with one attached hydrogen (secondary N) is 1. The molecule has 1 heterocycles. The number of carbonyl (C=O) groups is 2. The van der Waals surface area contributed by atoms with Crippen molar-refractivity contribution >= 4 is 11.9 Å². The molecule has 5 heteroatoms. The van der Waals surface area contributed by atoms with E-state index in [-0.39, 0.29) is 18.4 Å². The van der Waals surface area contributed by atoms with Gasteiger partial charge in [0.05, 0.1) is 5.92 Å². The SMILES string of the molecule is Cc1cccnc1C(=O)NCC(C(=O)O)C(C)C. The molecule has 5 nitrogen and oxygen atoms in total. The number of hydrogen-bond acceptors (Lipinski definition) is 3. The molecule has 0 bridgehead atoms. The molecular weight excluding hydrogens is 232 g/mol. The number of carboxylic acids is 1. The van der Waals surface area contributed by atoms with Crippen LogP contribution in [-0.2, 0) is 4.79 Å². The van der Waals surface area contributed by atoms with E-state index in [4.69, 9.17) is 5.11 Å². The van der Waals surface area contributed by atoms with E-state index in [9.17, 15) is 9.59 Å². The molecule has 98 valence electrons. The van der Waals surface area contributed by atoms with E-state index in [0.717, 1.165) is 5.56 Å². The van der Waals surface area contributed by atoms with E-state index in [1.54, 1.807) is 25.3 Å². The van der Waals surface area contributed by atoms with E-state index in [0.29, 0.717) is 5.69 Å². The highest BCUT2D eigenvalue weighted by molar-refractivity contribution is 5.93. The van der Waals surface area contributed by atoms with Crippen molar-refractivity contribution in [3.63, 3.8) is 0 Å². The van der Waals surface area contributed by atoms with Gasteiger partial charge in [-0.15, -0.1) is 0 Å². The van der Waals surface area contributed by atoms with Crippen molar-refractivity contribution in [1.29, 1.82) is 0 Å². The fourth-order valence-corrected chi connectivity index (χ4v) is 1.62. The first-order valence-corrected chi connectivity index (χ1v) is 5.86. The Kier molecular flexibility index (Phi) is 4.83. The Morgan fingerprint density at radius 2 is 2.11 bits per heavy atom. The minimum atomic E-state index is -0.900. The summed E-state index contributed by atoms with van der Waals surface area (Å²) in [4.78, 5) is 26.8. The molecule has 0 aliphatic carbocycles. The van der Waals surface area contributed by atoms with Crippen LogP contribution < -0.4 is 5.32 Å². The molecule has 1 rings (SSSR count). The molecule has 0 aliphatic rings. The number of nitrogens with zero attached hydrogens (tertiary/aromatic N) is 1. The molecule has 0 saturated carbocycles. The number of pyridine rings is 1. The zero-order valence-electron chi connectivity index (χ0n) is 10.8. The average Bonchev–Trinajstić information content (AvgIpc) is 2.28. The lowest BCUT2D eigenvalue weighted by Crippen LogP contribution is -2.36. The Balaban J connectivity index is 2.66. The van der Waals surface area contributed by atoms with Gasteiger partial charge in [0.1, 0.15) is 5.69 Å². The van der Waals surface area contributed by atoms with Crippen LogP contribution in [0, 0.1) is 18.8 Å². The Morgan fingerprint density at radius 3 is 2.61 bits per heavy atom. The molecule has 0 aromatic carbocycles. The minimum absolute atomic E-state index is 0.0346. The van der Waals surface area contributed by atoms with E-state index in [2.05, 4.69) is 10.3 Å². The van der Waals surface area contributed by atoms with Crippen molar-refractivity contribution in [1.82, 2.24) is 10.3 Å². The van der Waals surface area contributed by atoms with E-state index >= 15 is 0 Å². The quantitative estimate of drug-likeness (QED) is 0.829. The van der Waals surface area contributed by atoms with Crippen molar-refractivity contribution in [3.05, 3.63) is 29.6 Å². The van der Waals surface area contributed by atoms with Gasteiger partial charge in [0.2, 0.25) is 0 Å². The van der Waals surface area contributed by atoms with Crippen LogP contribution in [0.4, 0.5) is 0 Å². The normalized spacial score (nSPS) is 12.2. The molecule has 0 radical (unpaired) electrons. The van der Waals surface area contributed by atoms with Gasteiger partial charge in [-0.05, 0) is 24.5 Å². The predicted octanol–water partition coefficient (Wildman–Crippen LogP) is 1.48. The third kappa shape index (κ3) is 3.55. The number of aliphatic carboxylic acids is 1. The fraction of sp³-hybridized carbons (Fsp3) is 0.462. The number of rotatable bonds is 5. The molecule has 1 unspecified atom stereocenters. The Bertz CT molecular complexity index is 444. The van der Waals surface area contributed by atoms with Gasteiger partial charge in [-0.2, -0.15) is 0 Å². The highest BCUT2D eigenvalue weighted by atomic mass is 16.4. The van der Waals surface area contributed by atoms with E-state index < -0.39 is 11.9 Å². The highest BCUT2D eigenvalue weighted by Crippen LogP contribution is 2.10. The van der Waals surface area contributed by atoms with Crippen LogP contribution in [0.5, 0.6) is 0 Å². The van der Waals surface area contributed by atoms with Crippen LogP contribution in [0.15, 0.2) is 18.3 Å². The zero-order chi connectivity index (χ0) is 13.7. The van der Waals surface area contributed by atoms with Crippen molar-refractivity contribution in [2.24, 2.45) is 11.8 Å². The van der Waals surface area contributed by atoms with Gasteiger partial charge in [0.25, 0.3) is 5.91 Å². The summed E-state index contributed by atoms with van der Waals surface area (Å²) < 4.78 is 0. The van der Waals surface area contributed by atoms with Gasteiger partial charge in [0.15, 0.2) is 0 Å². The molecule has 1 amide bonds. The molecular formula is C13H18N2O3. The summed E-state index contributed by atoms with van der Waals surface area (Å²) in [7, 11) is 0. The summed E-state index contributed by atoms with van der Waals surface area (Å²) in [5.74, 6) is -1.85. The minimum Gasteiger partial charge on any atom is -0.481 e. The maximum Gasteiger partial charge on any atom is 0.308 e. The predicted molar refractivity (Wildman–Crippen MR) is 67.3 cm³/mol. The van der Waals surface area contributed by atoms with Gasteiger partial charge in [-0.3, -0.25) is 14.6 Å². The Hall–Kier alpha value is -1.91. The molecule has 1 atom stereocenters. The lowest BCUT2D eigenvalue weighted by Gasteiger charge is -2.16. The van der Waals surface area contributed by atoms with Crippen LogP contribution in [0.25, 0.3) is 0 Å². The first-order chi connectivity index (χ1) is 8.43. The summed E-state index contributed by atoms with van der Waals surface area (Å²) in [5.41, 5.74) is 1.11. The number of amides is 1.